The highest BCUT2D eigenvalue weighted by molar-refractivity contribution is 5.86. The molecule has 3 heterocycles. The van der Waals surface area contributed by atoms with Gasteiger partial charge < -0.3 is 10.5 Å². The average Bonchev–Trinajstić information content (AvgIpc) is 3.17. The van der Waals surface area contributed by atoms with Gasteiger partial charge in [-0.15, -0.1) is 5.10 Å². The van der Waals surface area contributed by atoms with Crippen molar-refractivity contribution in [2.24, 2.45) is 0 Å². The molecule has 0 bridgehead atoms. The maximum atomic E-state index is 11.4. The third-order valence-corrected chi connectivity index (χ3v) is 4.07. The zero-order valence-corrected chi connectivity index (χ0v) is 12.7. The van der Waals surface area contributed by atoms with Crippen molar-refractivity contribution in [1.29, 1.82) is 0 Å². The SMILES string of the molecule is COC(=O)c1cn(Cn2cc[n+]3cc(C4CC4)cc(N)c23)nn1. The molecule has 23 heavy (non-hydrogen) atoms. The summed E-state index contributed by atoms with van der Waals surface area (Å²) in [4.78, 5) is 11.4. The lowest BCUT2D eigenvalue weighted by molar-refractivity contribution is -0.510. The molecule has 1 saturated carbocycles. The van der Waals surface area contributed by atoms with Gasteiger partial charge in [-0.05, 0) is 30.4 Å². The fraction of sp³-hybridized carbons (Fsp3) is 0.333. The molecule has 8 heteroatoms. The van der Waals surface area contributed by atoms with Crippen LogP contribution in [0.3, 0.4) is 0 Å². The molecule has 1 aliphatic rings. The Morgan fingerprint density at radius 2 is 2.35 bits per heavy atom. The number of aromatic nitrogens is 5. The predicted octanol–water partition coefficient (Wildman–Crippen LogP) is 0.570. The van der Waals surface area contributed by atoms with Crippen LogP contribution in [0.1, 0.15) is 34.8 Å². The molecule has 3 aromatic rings. The third-order valence-electron chi connectivity index (χ3n) is 4.07. The quantitative estimate of drug-likeness (QED) is 0.561. The Bertz CT molecular complexity index is 893. The van der Waals surface area contributed by atoms with E-state index in [4.69, 9.17) is 5.73 Å². The van der Waals surface area contributed by atoms with Crippen molar-refractivity contribution in [2.75, 3.05) is 12.8 Å². The standard InChI is InChI=1S/C15H17N6O2/c1-23-15(22)13-8-21(18-17-13)9-20-5-4-19-7-11(10-2-3-10)6-12(16)14(19)20/h4-8,10H,2-3,9,16H2,1H3/q+1. The van der Waals surface area contributed by atoms with E-state index in [1.165, 1.54) is 25.5 Å². The minimum Gasteiger partial charge on any atom is -0.464 e. The molecule has 3 aromatic heterocycles. The van der Waals surface area contributed by atoms with E-state index in [-0.39, 0.29) is 5.69 Å². The fourth-order valence-corrected chi connectivity index (χ4v) is 2.78. The van der Waals surface area contributed by atoms with Gasteiger partial charge in [0.2, 0.25) is 0 Å². The number of rotatable bonds is 4. The summed E-state index contributed by atoms with van der Waals surface area (Å²) >= 11 is 0. The maximum absolute atomic E-state index is 11.4. The molecule has 1 aliphatic carbocycles. The summed E-state index contributed by atoms with van der Waals surface area (Å²) in [6, 6.07) is 2.05. The van der Waals surface area contributed by atoms with Crippen LogP contribution in [0.25, 0.3) is 5.65 Å². The molecule has 0 spiro atoms. The van der Waals surface area contributed by atoms with Gasteiger partial charge in [0, 0.05) is 0 Å². The zero-order chi connectivity index (χ0) is 16.0. The maximum Gasteiger partial charge on any atom is 0.360 e. The fourth-order valence-electron chi connectivity index (χ4n) is 2.78. The third kappa shape index (κ3) is 2.41. The molecule has 0 aliphatic heterocycles. The van der Waals surface area contributed by atoms with E-state index in [0.717, 1.165) is 11.3 Å². The highest BCUT2D eigenvalue weighted by Crippen LogP contribution is 2.40. The van der Waals surface area contributed by atoms with Gasteiger partial charge >= 0.3 is 11.6 Å². The summed E-state index contributed by atoms with van der Waals surface area (Å²) in [5, 5.41) is 7.75. The molecule has 0 unspecified atom stereocenters. The van der Waals surface area contributed by atoms with Crippen LogP contribution in [-0.2, 0) is 11.4 Å². The van der Waals surface area contributed by atoms with E-state index in [1.54, 1.807) is 10.9 Å². The van der Waals surface area contributed by atoms with Crippen molar-refractivity contribution in [3.8, 4) is 0 Å². The van der Waals surface area contributed by atoms with E-state index < -0.39 is 5.97 Å². The summed E-state index contributed by atoms with van der Waals surface area (Å²) in [7, 11) is 1.32. The minimum atomic E-state index is -0.503. The van der Waals surface area contributed by atoms with Crippen molar-refractivity contribution < 1.29 is 13.9 Å². The second kappa shape index (κ2) is 5.08. The number of nitrogens with zero attached hydrogens (tertiary/aromatic N) is 5. The molecule has 118 valence electrons. The summed E-state index contributed by atoms with van der Waals surface area (Å²) in [5.41, 5.74) is 9.32. The number of imidazole rings is 1. The molecular formula is C15H17N6O2+. The summed E-state index contributed by atoms with van der Waals surface area (Å²) < 4.78 is 10.2. The Morgan fingerprint density at radius 3 is 3.09 bits per heavy atom. The second-order valence-electron chi connectivity index (χ2n) is 5.78. The first-order valence-electron chi connectivity index (χ1n) is 7.43. The smallest absolute Gasteiger partial charge is 0.360 e. The lowest BCUT2D eigenvalue weighted by Gasteiger charge is -2.02. The predicted molar refractivity (Wildman–Crippen MR) is 80.7 cm³/mol. The minimum absolute atomic E-state index is 0.181. The number of methoxy groups -OCH3 is 1. The Balaban J connectivity index is 1.66. The van der Waals surface area contributed by atoms with Gasteiger partial charge in [0.1, 0.15) is 18.1 Å². The van der Waals surface area contributed by atoms with Crippen LogP contribution in [0.5, 0.6) is 0 Å². The van der Waals surface area contributed by atoms with Crippen molar-refractivity contribution in [2.45, 2.75) is 25.4 Å². The van der Waals surface area contributed by atoms with Crippen LogP contribution in [0, 0.1) is 0 Å². The van der Waals surface area contributed by atoms with Crippen molar-refractivity contribution >= 4 is 17.3 Å². The number of pyridine rings is 1. The van der Waals surface area contributed by atoms with Crippen molar-refractivity contribution in [1.82, 2.24) is 19.6 Å². The molecule has 0 saturated heterocycles. The second-order valence-corrected chi connectivity index (χ2v) is 5.78. The lowest BCUT2D eigenvalue weighted by atomic mass is 10.2. The number of carbonyl (C=O) groups is 1. The average molecular weight is 313 g/mol. The molecule has 0 amide bonds. The Hall–Kier alpha value is -2.90. The van der Waals surface area contributed by atoms with Crippen LogP contribution < -0.4 is 10.1 Å². The highest BCUT2D eigenvalue weighted by Gasteiger charge is 2.27. The van der Waals surface area contributed by atoms with E-state index in [9.17, 15) is 4.79 Å². The first-order chi connectivity index (χ1) is 11.2. The van der Waals surface area contributed by atoms with Gasteiger partial charge in [0.25, 0.3) is 0 Å². The molecule has 1 fully saturated rings. The largest absolute Gasteiger partial charge is 0.464 e. The number of esters is 1. The van der Waals surface area contributed by atoms with Crippen molar-refractivity contribution in [3.05, 3.63) is 42.1 Å². The van der Waals surface area contributed by atoms with Gasteiger partial charge in [-0.3, -0.25) is 0 Å². The Morgan fingerprint density at radius 1 is 1.52 bits per heavy atom. The summed E-state index contributed by atoms with van der Waals surface area (Å²) in [6.07, 6.45) is 10.1. The number of carbonyl (C=O) groups excluding carboxylic acids is 1. The summed E-state index contributed by atoms with van der Waals surface area (Å²) in [5.74, 6) is 0.145. The normalized spacial score (nSPS) is 14.3. The zero-order valence-electron chi connectivity index (χ0n) is 12.7. The van der Waals surface area contributed by atoms with Crippen LogP contribution in [0.2, 0.25) is 0 Å². The molecule has 0 atom stereocenters. The van der Waals surface area contributed by atoms with E-state index in [2.05, 4.69) is 21.2 Å². The molecule has 0 aromatic carbocycles. The Kier molecular flexibility index (Phi) is 3.03. The van der Waals surface area contributed by atoms with Gasteiger partial charge in [0.05, 0.1) is 19.5 Å². The van der Waals surface area contributed by atoms with Crippen LogP contribution in [0.15, 0.2) is 30.9 Å². The first-order valence-corrected chi connectivity index (χ1v) is 7.43. The van der Waals surface area contributed by atoms with E-state index >= 15 is 0 Å². The molecule has 2 N–H and O–H groups in total. The van der Waals surface area contributed by atoms with E-state index in [0.29, 0.717) is 12.6 Å². The van der Waals surface area contributed by atoms with Crippen LogP contribution in [0.4, 0.5) is 5.69 Å². The molecular weight excluding hydrogens is 296 g/mol. The number of hydrogen-bond donors (Lipinski definition) is 1. The van der Waals surface area contributed by atoms with Gasteiger partial charge in [-0.25, -0.2) is 18.4 Å². The first kappa shape index (κ1) is 13.7. The van der Waals surface area contributed by atoms with Gasteiger partial charge in [-0.2, -0.15) is 0 Å². The number of fused-ring (bicyclic) bond motifs is 1. The number of hydrogen-bond acceptors (Lipinski definition) is 5. The topological polar surface area (TPSA) is 92.1 Å². The highest BCUT2D eigenvalue weighted by atomic mass is 16.5. The van der Waals surface area contributed by atoms with Crippen LogP contribution >= 0.6 is 0 Å². The molecule has 8 nitrogen and oxygen atoms in total. The van der Waals surface area contributed by atoms with Gasteiger partial charge in [-0.1, -0.05) is 5.21 Å². The summed E-state index contributed by atoms with van der Waals surface area (Å²) in [6.45, 7) is 0.410. The van der Waals surface area contributed by atoms with E-state index in [1.807, 2.05) is 27.4 Å². The monoisotopic (exact) mass is 313 g/mol. The van der Waals surface area contributed by atoms with Gasteiger partial charge in [0.15, 0.2) is 12.4 Å². The number of ether oxygens (including phenoxy) is 1. The van der Waals surface area contributed by atoms with Crippen molar-refractivity contribution in [3.63, 3.8) is 0 Å². The number of nitrogen functional groups attached to an aromatic ring is 1. The number of nitrogens with two attached hydrogens (primary N) is 1. The Labute approximate surface area is 132 Å². The molecule has 0 radical (unpaired) electrons. The lowest BCUT2D eigenvalue weighted by Crippen LogP contribution is -2.23. The molecule has 4 rings (SSSR count). The van der Waals surface area contributed by atoms with Crippen LogP contribution in [-0.4, -0.2) is 32.6 Å². The number of anilines is 1.